The lowest BCUT2D eigenvalue weighted by Gasteiger charge is -2.29. The number of benzene rings is 1. The average molecular weight is 331 g/mol. The van der Waals surface area contributed by atoms with Crippen LogP contribution in [-0.4, -0.2) is 33.4 Å². The average Bonchev–Trinajstić information content (AvgIpc) is 2.86. The number of ether oxygens (including phenoxy) is 1. The molecule has 0 atom stereocenters. The molecule has 0 saturated heterocycles. The van der Waals surface area contributed by atoms with Gasteiger partial charge < -0.3 is 15.4 Å². The number of nitrogens with two attached hydrogens (primary N) is 1. The number of carbonyl (C=O) groups is 1. The number of carbonyl (C=O) groups excluding carboxylic acids is 1. The number of fused-ring (bicyclic) bond motifs is 1. The van der Waals surface area contributed by atoms with Crippen molar-refractivity contribution in [1.29, 1.82) is 0 Å². The minimum Gasteiger partial charge on any atom is -0.490 e. The first-order valence-corrected chi connectivity index (χ1v) is 7.95. The molecule has 1 amide bonds. The Balaban J connectivity index is 1.88. The van der Waals surface area contributed by atoms with Gasteiger partial charge in [0.1, 0.15) is 24.7 Å². The quantitative estimate of drug-likeness (QED) is 0.867. The van der Waals surface area contributed by atoms with Crippen LogP contribution in [0.15, 0.2) is 23.0 Å². The normalized spacial score (nSPS) is 13.5. The molecule has 128 valence electrons. The second kappa shape index (κ2) is 6.48. The first-order valence-electron chi connectivity index (χ1n) is 7.95. The van der Waals surface area contributed by atoms with E-state index in [2.05, 4.69) is 5.10 Å². The fraction of sp³-hybridized carbons (Fsp3) is 0.438. The smallest absolute Gasteiger partial charge is 0.346 e. The van der Waals surface area contributed by atoms with Crippen LogP contribution in [0.3, 0.4) is 0 Å². The molecule has 1 aliphatic rings. The van der Waals surface area contributed by atoms with E-state index in [0.717, 1.165) is 5.56 Å². The summed E-state index contributed by atoms with van der Waals surface area (Å²) < 4.78 is 8.34. The third kappa shape index (κ3) is 2.80. The van der Waals surface area contributed by atoms with Crippen molar-refractivity contribution in [2.24, 2.45) is 5.73 Å². The van der Waals surface area contributed by atoms with E-state index in [9.17, 15) is 9.59 Å². The summed E-state index contributed by atoms with van der Waals surface area (Å²) >= 11 is 0. The fourth-order valence-electron chi connectivity index (χ4n) is 2.88. The maximum absolute atomic E-state index is 12.7. The molecule has 8 nitrogen and oxygen atoms in total. The first-order chi connectivity index (χ1) is 11.5. The van der Waals surface area contributed by atoms with Crippen LogP contribution in [-0.2, 0) is 24.4 Å². The zero-order valence-corrected chi connectivity index (χ0v) is 13.9. The van der Waals surface area contributed by atoms with E-state index in [1.165, 1.54) is 9.25 Å². The summed E-state index contributed by atoms with van der Waals surface area (Å²) in [6.07, 6.45) is 0. The van der Waals surface area contributed by atoms with E-state index in [0.29, 0.717) is 43.5 Å². The van der Waals surface area contributed by atoms with Crippen molar-refractivity contribution in [2.75, 3.05) is 18.1 Å². The molecule has 0 aliphatic carbocycles. The summed E-state index contributed by atoms with van der Waals surface area (Å²) in [6.45, 7) is 5.28. The van der Waals surface area contributed by atoms with Gasteiger partial charge in [-0.05, 0) is 31.5 Å². The van der Waals surface area contributed by atoms with Gasteiger partial charge in [-0.25, -0.2) is 9.48 Å². The SMILES string of the molecule is CCn1c(C)nn(CC(=O)N2CCOc3ccc(CN)cc32)c1=O. The number of aryl methyl sites for hydroxylation is 1. The molecule has 2 aromatic rings. The molecular weight excluding hydrogens is 310 g/mol. The Morgan fingerprint density at radius 3 is 2.88 bits per heavy atom. The van der Waals surface area contributed by atoms with Crippen LogP contribution in [0, 0.1) is 6.92 Å². The van der Waals surface area contributed by atoms with E-state index in [-0.39, 0.29) is 18.1 Å². The van der Waals surface area contributed by atoms with E-state index in [1.54, 1.807) is 11.8 Å². The zero-order valence-electron chi connectivity index (χ0n) is 13.9. The van der Waals surface area contributed by atoms with Crippen molar-refractivity contribution in [3.63, 3.8) is 0 Å². The largest absolute Gasteiger partial charge is 0.490 e. The lowest BCUT2D eigenvalue weighted by atomic mass is 10.1. The molecule has 24 heavy (non-hydrogen) atoms. The van der Waals surface area contributed by atoms with Gasteiger partial charge in [-0.15, -0.1) is 0 Å². The highest BCUT2D eigenvalue weighted by Gasteiger charge is 2.25. The number of anilines is 1. The number of hydrogen-bond acceptors (Lipinski definition) is 5. The molecule has 0 saturated carbocycles. The first kappa shape index (κ1) is 16.3. The highest BCUT2D eigenvalue weighted by molar-refractivity contribution is 5.95. The maximum Gasteiger partial charge on any atom is 0.346 e. The van der Waals surface area contributed by atoms with Gasteiger partial charge in [0.2, 0.25) is 5.91 Å². The van der Waals surface area contributed by atoms with Crippen LogP contribution < -0.4 is 21.1 Å². The molecule has 1 aromatic carbocycles. The van der Waals surface area contributed by atoms with Crippen LogP contribution in [0.4, 0.5) is 5.69 Å². The van der Waals surface area contributed by atoms with E-state index in [4.69, 9.17) is 10.5 Å². The lowest BCUT2D eigenvalue weighted by Crippen LogP contribution is -2.41. The minimum absolute atomic E-state index is 0.0982. The molecule has 0 bridgehead atoms. The molecule has 0 fully saturated rings. The fourth-order valence-corrected chi connectivity index (χ4v) is 2.88. The van der Waals surface area contributed by atoms with Crippen molar-refractivity contribution in [3.05, 3.63) is 40.1 Å². The van der Waals surface area contributed by atoms with Crippen molar-refractivity contribution in [3.8, 4) is 5.75 Å². The molecule has 0 radical (unpaired) electrons. The Hall–Kier alpha value is -2.61. The van der Waals surface area contributed by atoms with Crippen molar-refractivity contribution < 1.29 is 9.53 Å². The molecule has 0 spiro atoms. The molecule has 1 aromatic heterocycles. The predicted molar refractivity (Wildman–Crippen MR) is 89.1 cm³/mol. The summed E-state index contributed by atoms with van der Waals surface area (Å²) in [5.74, 6) is 1.05. The summed E-state index contributed by atoms with van der Waals surface area (Å²) in [6, 6.07) is 5.55. The number of aromatic nitrogens is 3. The van der Waals surface area contributed by atoms with E-state index >= 15 is 0 Å². The number of nitrogens with zero attached hydrogens (tertiary/aromatic N) is 4. The van der Waals surface area contributed by atoms with E-state index < -0.39 is 0 Å². The molecule has 0 unspecified atom stereocenters. The Morgan fingerprint density at radius 2 is 2.21 bits per heavy atom. The summed E-state index contributed by atoms with van der Waals surface area (Å²) in [5, 5.41) is 4.17. The third-order valence-electron chi connectivity index (χ3n) is 4.13. The van der Waals surface area contributed by atoms with Gasteiger partial charge in [0.15, 0.2) is 0 Å². The Bertz CT molecular complexity index is 824. The van der Waals surface area contributed by atoms with Crippen LogP contribution >= 0.6 is 0 Å². The van der Waals surface area contributed by atoms with Crippen LogP contribution in [0.2, 0.25) is 0 Å². The van der Waals surface area contributed by atoms with Crippen LogP contribution in [0.25, 0.3) is 0 Å². The van der Waals surface area contributed by atoms with Gasteiger partial charge in [-0.2, -0.15) is 5.10 Å². The Labute approximate surface area is 139 Å². The van der Waals surface area contributed by atoms with E-state index in [1.807, 2.05) is 25.1 Å². The maximum atomic E-state index is 12.7. The third-order valence-corrected chi connectivity index (χ3v) is 4.13. The van der Waals surface area contributed by atoms with Gasteiger partial charge in [0, 0.05) is 13.1 Å². The van der Waals surface area contributed by atoms with Gasteiger partial charge in [-0.3, -0.25) is 9.36 Å². The summed E-state index contributed by atoms with van der Waals surface area (Å²) in [7, 11) is 0. The standard InChI is InChI=1S/C16H21N5O3/c1-3-19-11(2)18-21(16(19)23)10-15(22)20-6-7-24-14-5-4-12(9-17)8-13(14)20/h4-5,8H,3,6-7,9-10,17H2,1-2H3. The summed E-state index contributed by atoms with van der Waals surface area (Å²) in [5.41, 5.74) is 7.02. The predicted octanol–water partition coefficient (Wildman–Crippen LogP) is 0.257. The van der Waals surface area contributed by atoms with Gasteiger partial charge in [-0.1, -0.05) is 6.07 Å². The summed E-state index contributed by atoms with van der Waals surface area (Å²) in [4.78, 5) is 26.6. The Kier molecular flexibility index (Phi) is 4.39. The van der Waals surface area contributed by atoms with Gasteiger partial charge >= 0.3 is 5.69 Å². The lowest BCUT2D eigenvalue weighted by molar-refractivity contribution is -0.119. The monoisotopic (exact) mass is 331 g/mol. The molecule has 3 rings (SSSR count). The van der Waals surface area contributed by atoms with Crippen LogP contribution in [0.5, 0.6) is 5.75 Å². The van der Waals surface area contributed by atoms with Gasteiger partial charge in [0.25, 0.3) is 0 Å². The number of hydrogen-bond donors (Lipinski definition) is 1. The highest BCUT2D eigenvalue weighted by Crippen LogP contribution is 2.32. The van der Waals surface area contributed by atoms with Crippen LogP contribution in [0.1, 0.15) is 18.3 Å². The number of rotatable bonds is 4. The molecule has 8 heteroatoms. The second-order valence-corrected chi connectivity index (χ2v) is 5.63. The second-order valence-electron chi connectivity index (χ2n) is 5.63. The van der Waals surface area contributed by atoms with Gasteiger partial charge in [0.05, 0.1) is 12.2 Å². The Morgan fingerprint density at radius 1 is 1.42 bits per heavy atom. The molecule has 2 N–H and O–H groups in total. The highest BCUT2D eigenvalue weighted by atomic mass is 16.5. The molecule has 2 heterocycles. The molecular formula is C16H21N5O3. The zero-order chi connectivity index (χ0) is 17.3. The molecule has 1 aliphatic heterocycles. The topological polar surface area (TPSA) is 95.4 Å². The van der Waals surface area contributed by atoms with Crippen molar-refractivity contribution in [1.82, 2.24) is 14.3 Å². The number of amides is 1. The minimum atomic E-state index is -0.271. The van der Waals surface area contributed by atoms with Crippen molar-refractivity contribution in [2.45, 2.75) is 33.5 Å². The van der Waals surface area contributed by atoms with Crippen molar-refractivity contribution >= 4 is 11.6 Å².